The Bertz CT molecular complexity index is 882. The van der Waals surface area contributed by atoms with E-state index in [1.54, 1.807) is 4.68 Å². The van der Waals surface area contributed by atoms with E-state index in [1.165, 1.54) is 11.8 Å². The van der Waals surface area contributed by atoms with Crippen molar-refractivity contribution in [1.82, 2.24) is 14.8 Å². The van der Waals surface area contributed by atoms with Gasteiger partial charge in [-0.25, -0.2) is 4.68 Å². The molecule has 1 aromatic heterocycles. The number of rotatable bonds is 7. The van der Waals surface area contributed by atoms with E-state index in [0.29, 0.717) is 18.1 Å². The van der Waals surface area contributed by atoms with E-state index in [1.807, 2.05) is 61.5 Å². The van der Waals surface area contributed by atoms with Crippen molar-refractivity contribution in [3.8, 4) is 0 Å². The van der Waals surface area contributed by atoms with E-state index in [-0.39, 0.29) is 11.2 Å². The van der Waals surface area contributed by atoms with Gasteiger partial charge in [0.25, 0.3) is 0 Å². The summed E-state index contributed by atoms with van der Waals surface area (Å²) >= 11 is 7.47. The maximum atomic E-state index is 12.0. The number of para-hydroxylation sites is 1. The molecule has 26 heavy (non-hydrogen) atoms. The minimum Gasteiger partial charge on any atom is -0.325 e. The fraction of sp³-hybridized carbons (Fsp3) is 0.211. The summed E-state index contributed by atoms with van der Waals surface area (Å²) < 4.78 is 1.77. The van der Waals surface area contributed by atoms with E-state index < -0.39 is 0 Å². The highest BCUT2D eigenvalue weighted by molar-refractivity contribution is 7.99. The topological polar surface area (TPSA) is 59.8 Å². The number of hydrogen-bond donors (Lipinski definition) is 1. The summed E-state index contributed by atoms with van der Waals surface area (Å²) in [4.78, 5) is 17.2. The molecule has 0 fully saturated rings. The number of halogens is 1. The predicted molar refractivity (Wildman–Crippen MR) is 105 cm³/mol. The molecule has 0 atom stereocenters. The first-order valence-corrected chi connectivity index (χ1v) is 9.56. The van der Waals surface area contributed by atoms with Gasteiger partial charge >= 0.3 is 0 Å². The van der Waals surface area contributed by atoms with Crippen LogP contribution >= 0.6 is 23.4 Å². The maximum absolute atomic E-state index is 12.0. The second kappa shape index (κ2) is 8.87. The molecule has 0 unspecified atom stereocenters. The SMILES string of the molecule is CCCC(=O)Nc1ccccc1Sc1nc(Cl)nn1Cc1ccccc1. The first kappa shape index (κ1) is 18.5. The van der Waals surface area contributed by atoms with Crippen molar-refractivity contribution in [1.29, 1.82) is 0 Å². The van der Waals surface area contributed by atoms with Crippen molar-refractivity contribution in [2.24, 2.45) is 0 Å². The summed E-state index contributed by atoms with van der Waals surface area (Å²) in [5.74, 6) is 0.00401. The van der Waals surface area contributed by atoms with E-state index in [0.717, 1.165) is 22.6 Å². The molecular weight excluding hydrogens is 368 g/mol. The fourth-order valence-corrected chi connectivity index (χ4v) is 3.57. The summed E-state index contributed by atoms with van der Waals surface area (Å²) in [6.45, 7) is 2.56. The van der Waals surface area contributed by atoms with Crippen LogP contribution in [0.25, 0.3) is 0 Å². The summed E-state index contributed by atoms with van der Waals surface area (Å²) in [5, 5.41) is 8.12. The first-order valence-electron chi connectivity index (χ1n) is 8.36. The number of anilines is 1. The van der Waals surface area contributed by atoms with Gasteiger partial charge in [0.2, 0.25) is 11.2 Å². The molecule has 134 valence electrons. The van der Waals surface area contributed by atoms with Crippen LogP contribution in [0.2, 0.25) is 5.28 Å². The molecule has 0 bridgehead atoms. The summed E-state index contributed by atoms with van der Waals surface area (Å²) in [6, 6.07) is 17.7. The second-order valence-corrected chi connectivity index (χ2v) is 7.05. The third kappa shape index (κ3) is 4.86. The Morgan fingerprint density at radius 3 is 2.65 bits per heavy atom. The smallest absolute Gasteiger partial charge is 0.243 e. The summed E-state index contributed by atoms with van der Waals surface area (Å²) in [7, 11) is 0. The van der Waals surface area contributed by atoms with Crippen molar-refractivity contribution in [2.75, 3.05) is 5.32 Å². The Balaban J connectivity index is 1.82. The molecule has 7 heteroatoms. The Morgan fingerprint density at radius 2 is 1.88 bits per heavy atom. The molecule has 5 nitrogen and oxygen atoms in total. The van der Waals surface area contributed by atoms with Crippen molar-refractivity contribution in [2.45, 2.75) is 36.4 Å². The van der Waals surface area contributed by atoms with E-state index in [2.05, 4.69) is 15.4 Å². The molecule has 1 N–H and O–H groups in total. The van der Waals surface area contributed by atoms with Gasteiger partial charge in [-0.1, -0.05) is 49.4 Å². The molecule has 0 aliphatic heterocycles. The average Bonchev–Trinajstić information content (AvgIpc) is 2.97. The van der Waals surface area contributed by atoms with Gasteiger partial charge < -0.3 is 5.32 Å². The van der Waals surface area contributed by atoms with Crippen molar-refractivity contribution in [3.63, 3.8) is 0 Å². The van der Waals surface area contributed by atoms with Gasteiger partial charge in [0.05, 0.1) is 12.2 Å². The van der Waals surface area contributed by atoms with Gasteiger partial charge in [0.1, 0.15) is 0 Å². The lowest BCUT2D eigenvalue weighted by Gasteiger charge is -2.11. The number of carbonyl (C=O) groups is 1. The molecular formula is C19H19ClN4OS. The minimum absolute atomic E-state index is 0.00401. The Labute approximate surface area is 161 Å². The minimum atomic E-state index is 0.00401. The molecule has 0 spiro atoms. The van der Waals surface area contributed by atoms with Crippen molar-refractivity contribution < 1.29 is 4.79 Å². The number of aromatic nitrogens is 3. The van der Waals surface area contributed by atoms with Crippen LogP contribution in [0.3, 0.4) is 0 Å². The Kier molecular flexibility index (Phi) is 6.30. The van der Waals surface area contributed by atoms with Crippen LogP contribution in [0.4, 0.5) is 5.69 Å². The Hall–Kier alpha value is -2.31. The molecule has 0 aliphatic carbocycles. The molecule has 2 aromatic carbocycles. The third-order valence-corrected chi connectivity index (χ3v) is 4.85. The highest BCUT2D eigenvalue weighted by atomic mass is 35.5. The molecule has 3 aromatic rings. The van der Waals surface area contributed by atoms with Crippen LogP contribution in [0.1, 0.15) is 25.3 Å². The highest BCUT2D eigenvalue weighted by Crippen LogP contribution is 2.33. The zero-order chi connectivity index (χ0) is 18.4. The van der Waals surface area contributed by atoms with Gasteiger partial charge in [-0.3, -0.25) is 4.79 Å². The van der Waals surface area contributed by atoms with E-state index in [9.17, 15) is 4.79 Å². The summed E-state index contributed by atoms with van der Waals surface area (Å²) in [5.41, 5.74) is 1.88. The predicted octanol–water partition coefficient (Wildman–Crippen LogP) is 4.87. The van der Waals surface area contributed by atoms with Crippen LogP contribution in [-0.2, 0) is 11.3 Å². The first-order chi connectivity index (χ1) is 12.7. The lowest BCUT2D eigenvalue weighted by Crippen LogP contribution is -2.11. The van der Waals surface area contributed by atoms with Crippen LogP contribution < -0.4 is 5.32 Å². The zero-order valence-corrected chi connectivity index (χ0v) is 15.9. The molecule has 1 heterocycles. The molecule has 1 amide bonds. The number of carbonyl (C=O) groups excluding carboxylic acids is 1. The molecule has 0 saturated heterocycles. The lowest BCUT2D eigenvalue weighted by atomic mass is 10.2. The van der Waals surface area contributed by atoms with Crippen LogP contribution in [0, 0.1) is 0 Å². The second-order valence-electron chi connectivity index (χ2n) is 5.70. The van der Waals surface area contributed by atoms with Gasteiger partial charge in [-0.15, -0.1) is 5.10 Å². The zero-order valence-electron chi connectivity index (χ0n) is 14.4. The Morgan fingerprint density at radius 1 is 1.15 bits per heavy atom. The van der Waals surface area contributed by atoms with Gasteiger partial charge in [0, 0.05) is 11.3 Å². The van der Waals surface area contributed by atoms with Crippen molar-refractivity contribution in [3.05, 3.63) is 65.4 Å². The van der Waals surface area contributed by atoms with E-state index in [4.69, 9.17) is 11.6 Å². The quantitative estimate of drug-likeness (QED) is 0.629. The van der Waals surface area contributed by atoms with Crippen molar-refractivity contribution >= 4 is 35.0 Å². The van der Waals surface area contributed by atoms with Crippen LogP contribution in [0.15, 0.2) is 64.6 Å². The normalized spacial score (nSPS) is 10.7. The van der Waals surface area contributed by atoms with Crippen LogP contribution in [0.5, 0.6) is 0 Å². The van der Waals surface area contributed by atoms with Gasteiger partial charge in [-0.2, -0.15) is 4.98 Å². The monoisotopic (exact) mass is 386 g/mol. The lowest BCUT2D eigenvalue weighted by molar-refractivity contribution is -0.116. The molecule has 3 rings (SSSR count). The highest BCUT2D eigenvalue weighted by Gasteiger charge is 2.14. The molecule has 0 aliphatic rings. The largest absolute Gasteiger partial charge is 0.325 e. The number of nitrogens with one attached hydrogen (secondary N) is 1. The standard InChI is InChI=1S/C19H19ClN4OS/c1-2-8-17(25)21-15-11-6-7-12-16(15)26-19-22-18(20)23-24(19)13-14-9-4-3-5-10-14/h3-7,9-12H,2,8,13H2,1H3,(H,21,25). The average molecular weight is 387 g/mol. The number of nitrogens with zero attached hydrogens (tertiary/aromatic N) is 3. The number of amides is 1. The van der Waals surface area contributed by atoms with Gasteiger partial charge in [-0.05, 0) is 47.5 Å². The molecule has 0 saturated carbocycles. The van der Waals surface area contributed by atoms with Crippen LogP contribution in [-0.4, -0.2) is 20.7 Å². The summed E-state index contributed by atoms with van der Waals surface area (Å²) in [6.07, 6.45) is 1.30. The van der Waals surface area contributed by atoms with E-state index >= 15 is 0 Å². The number of benzene rings is 2. The molecule has 0 radical (unpaired) electrons. The fourth-order valence-electron chi connectivity index (χ4n) is 2.43. The number of hydrogen-bond acceptors (Lipinski definition) is 4. The third-order valence-electron chi connectivity index (χ3n) is 3.63. The maximum Gasteiger partial charge on any atom is 0.243 e. The van der Waals surface area contributed by atoms with Gasteiger partial charge in [0.15, 0.2) is 5.16 Å².